The normalized spacial score (nSPS) is 19.9. The minimum absolute atomic E-state index is 0.113. The fourth-order valence-electron chi connectivity index (χ4n) is 3.97. The molecule has 0 unspecified atom stereocenters. The predicted octanol–water partition coefficient (Wildman–Crippen LogP) is 4.68. The minimum Gasteiger partial charge on any atom is -0.459 e. The number of nitrogens with zero attached hydrogens (tertiary/aromatic N) is 2. The smallest absolute Gasteiger partial charge is 0.338 e. The molecule has 5 rings (SSSR count). The average molecular weight is 440 g/mol. The van der Waals surface area contributed by atoms with Gasteiger partial charge in [-0.1, -0.05) is 72.8 Å². The third kappa shape index (κ3) is 4.72. The lowest BCUT2D eigenvalue weighted by atomic mass is 10.00. The number of rotatable bonds is 7. The van der Waals surface area contributed by atoms with Crippen molar-refractivity contribution in [2.24, 2.45) is 0 Å². The molecule has 0 saturated carbocycles. The van der Waals surface area contributed by atoms with Crippen molar-refractivity contribution >= 4 is 5.97 Å². The second-order valence-electron chi connectivity index (χ2n) is 7.95. The fourth-order valence-corrected chi connectivity index (χ4v) is 3.97. The molecule has 3 aromatic carbocycles. The van der Waals surface area contributed by atoms with Gasteiger partial charge in [0.05, 0.1) is 25.0 Å². The minimum atomic E-state index is -1.00. The highest BCUT2D eigenvalue weighted by atomic mass is 16.8. The first-order valence-electron chi connectivity index (χ1n) is 10.9. The van der Waals surface area contributed by atoms with Gasteiger partial charge in [-0.25, -0.2) is 9.78 Å². The highest BCUT2D eigenvalue weighted by Crippen LogP contribution is 2.37. The molecule has 2 heterocycles. The molecule has 6 nitrogen and oxygen atoms in total. The molecule has 4 aromatic rings. The third-order valence-electron chi connectivity index (χ3n) is 5.65. The molecular weight excluding hydrogens is 416 g/mol. The van der Waals surface area contributed by atoms with Crippen LogP contribution < -0.4 is 0 Å². The number of hydrogen-bond acceptors (Lipinski definition) is 5. The van der Waals surface area contributed by atoms with Gasteiger partial charge < -0.3 is 18.8 Å². The number of aromatic nitrogens is 2. The zero-order valence-corrected chi connectivity index (χ0v) is 18.0. The van der Waals surface area contributed by atoms with E-state index in [1.807, 2.05) is 47.2 Å². The van der Waals surface area contributed by atoms with E-state index >= 15 is 0 Å². The summed E-state index contributed by atoms with van der Waals surface area (Å²) in [5, 5.41) is 0. The molecule has 0 bridgehead atoms. The molecule has 1 aromatic heterocycles. The van der Waals surface area contributed by atoms with Crippen LogP contribution in [-0.4, -0.2) is 34.8 Å². The average Bonchev–Trinajstić information content (AvgIpc) is 3.55. The van der Waals surface area contributed by atoms with Gasteiger partial charge >= 0.3 is 5.97 Å². The van der Waals surface area contributed by atoms with Crippen LogP contribution >= 0.6 is 0 Å². The van der Waals surface area contributed by atoms with Gasteiger partial charge in [-0.3, -0.25) is 0 Å². The summed E-state index contributed by atoms with van der Waals surface area (Å²) in [4.78, 5) is 16.5. The first kappa shape index (κ1) is 21.1. The number of benzene rings is 3. The molecule has 0 amide bonds. The summed E-state index contributed by atoms with van der Waals surface area (Å²) in [6.07, 6.45) is 4.95. The number of carbonyl (C=O) groups excluding carboxylic acids is 1. The van der Waals surface area contributed by atoms with Gasteiger partial charge in [-0.05, 0) is 23.3 Å². The Morgan fingerprint density at radius 1 is 0.970 bits per heavy atom. The van der Waals surface area contributed by atoms with Crippen LogP contribution in [-0.2, 0) is 26.5 Å². The summed E-state index contributed by atoms with van der Waals surface area (Å²) in [5.74, 6) is -1.38. The maximum atomic E-state index is 12.3. The molecule has 0 N–H and O–H groups in total. The van der Waals surface area contributed by atoms with E-state index in [1.165, 1.54) is 0 Å². The highest BCUT2D eigenvalue weighted by Gasteiger charge is 2.44. The fraction of sp³-hybridized carbons (Fsp3) is 0.185. The van der Waals surface area contributed by atoms with Gasteiger partial charge in [0.25, 0.3) is 0 Å². The lowest BCUT2D eigenvalue weighted by Gasteiger charge is -2.29. The summed E-state index contributed by atoms with van der Waals surface area (Å²) < 4.78 is 20.0. The zero-order valence-electron chi connectivity index (χ0n) is 18.0. The molecule has 6 heteroatoms. The number of hydrogen-bond donors (Lipinski definition) is 0. The quantitative estimate of drug-likeness (QED) is 0.391. The van der Waals surface area contributed by atoms with Gasteiger partial charge in [-0.2, -0.15) is 0 Å². The molecule has 1 aliphatic heterocycles. The Bertz CT molecular complexity index is 1180. The number of ether oxygens (including phenoxy) is 3. The molecule has 0 aliphatic carbocycles. The van der Waals surface area contributed by atoms with Crippen molar-refractivity contribution < 1.29 is 19.0 Å². The van der Waals surface area contributed by atoms with Crippen molar-refractivity contribution in [1.82, 2.24) is 9.55 Å². The predicted molar refractivity (Wildman–Crippen MR) is 123 cm³/mol. The molecule has 33 heavy (non-hydrogen) atoms. The van der Waals surface area contributed by atoms with Crippen LogP contribution in [0, 0.1) is 0 Å². The maximum Gasteiger partial charge on any atom is 0.338 e. The zero-order chi connectivity index (χ0) is 22.5. The van der Waals surface area contributed by atoms with Crippen LogP contribution in [0.4, 0.5) is 0 Å². The van der Waals surface area contributed by atoms with Gasteiger partial charge in [0.15, 0.2) is 0 Å². The standard InChI is InChI=1S/C27H24N2O4/c30-26(23-9-5-2-6-10-23)31-17-25-18-32-27(33-25,19-29-16-15-28-20-29)24-13-11-22(12-14-24)21-7-3-1-4-8-21/h1-16,20,25H,17-19H2/t25-,27-/m0/s1. The van der Waals surface area contributed by atoms with Crippen molar-refractivity contribution in [3.05, 3.63) is 115 Å². The van der Waals surface area contributed by atoms with Crippen molar-refractivity contribution in [3.63, 3.8) is 0 Å². The van der Waals surface area contributed by atoms with Crippen molar-refractivity contribution in [3.8, 4) is 11.1 Å². The van der Waals surface area contributed by atoms with Crippen molar-refractivity contribution in [1.29, 1.82) is 0 Å². The second-order valence-corrected chi connectivity index (χ2v) is 7.95. The summed E-state index contributed by atoms with van der Waals surface area (Å²) in [5.41, 5.74) is 3.67. The number of carbonyl (C=O) groups is 1. The van der Waals surface area contributed by atoms with E-state index in [2.05, 4.69) is 29.2 Å². The Labute approximate surface area is 192 Å². The van der Waals surface area contributed by atoms with Crippen LogP contribution in [0.1, 0.15) is 15.9 Å². The van der Waals surface area contributed by atoms with Crippen LogP contribution in [0.3, 0.4) is 0 Å². The van der Waals surface area contributed by atoms with Gasteiger partial charge in [0, 0.05) is 18.0 Å². The number of esters is 1. The van der Waals surface area contributed by atoms with Crippen LogP contribution in [0.2, 0.25) is 0 Å². The Hall–Kier alpha value is -3.74. The molecule has 166 valence electrons. The van der Waals surface area contributed by atoms with E-state index in [4.69, 9.17) is 14.2 Å². The Kier molecular flexibility index (Phi) is 6.02. The van der Waals surface area contributed by atoms with E-state index in [9.17, 15) is 4.79 Å². The molecule has 0 radical (unpaired) electrons. The molecule has 2 atom stereocenters. The third-order valence-corrected chi connectivity index (χ3v) is 5.65. The van der Waals surface area contributed by atoms with E-state index in [-0.39, 0.29) is 18.7 Å². The van der Waals surface area contributed by atoms with Gasteiger partial charge in [0.2, 0.25) is 5.79 Å². The second kappa shape index (κ2) is 9.40. The Balaban J connectivity index is 1.33. The lowest BCUT2D eigenvalue weighted by molar-refractivity contribution is -0.190. The number of imidazole rings is 1. The maximum absolute atomic E-state index is 12.3. The SMILES string of the molecule is O=C(OC[C@H]1CO[C@](Cn2ccnc2)(c2ccc(-c3ccccc3)cc2)O1)c1ccccc1. The Morgan fingerprint density at radius 2 is 1.67 bits per heavy atom. The summed E-state index contributed by atoms with van der Waals surface area (Å²) in [7, 11) is 0. The summed E-state index contributed by atoms with van der Waals surface area (Å²) in [6.45, 7) is 0.861. The molecule has 0 spiro atoms. The first-order chi connectivity index (χ1) is 16.2. The molecule has 1 saturated heterocycles. The molecule has 1 aliphatic rings. The monoisotopic (exact) mass is 440 g/mol. The highest BCUT2D eigenvalue weighted by molar-refractivity contribution is 5.89. The van der Waals surface area contributed by atoms with E-state index in [1.54, 1.807) is 36.8 Å². The van der Waals surface area contributed by atoms with Crippen molar-refractivity contribution in [2.75, 3.05) is 13.2 Å². The van der Waals surface area contributed by atoms with E-state index in [0.29, 0.717) is 18.7 Å². The Morgan fingerprint density at radius 3 is 2.36 bits per heavy atom. The van der Waals surface area contributed by atoms with Crippen LogP contribution in [0.25, 0.3) is 11.1 Å². The molecular formula is C27H24N2O4. The van der Waals surface area contributed by atoms with Gasteiger partial charge in [0.1, 0.15) is 12.7 Å². The van der Waals surface area contributed by atoms with E-state index in [0.717, 1.165) is 16.7 Å². The van der Waals surface area contributed by atoms with Crippen LogP contribution in [0.5, 0.6) is 0 Å². The summed E-state index contributed by atoms with van der Waals surface area (Å²) >= 11 is 0. The van der Waals surface area contributed by atoms with Gasteiger partial charge in [-0.15, -0.1) is 0 Å². The van der Waals surface area contributed by atoms with Crippen LogP contribution in [0.15, 0.2) is 104 Å². The van der Waals surface area contributed by atoms with Crippen molar-refractivity contribution in [2.45, 2.75) is 18.4 Å². The van der Waals surface area contributed by atoms with E-state index < -0.39 is 5.79 Å². The lowest BCUT2D eigenvalue weighted by Crippen LogP contribution is -2.34. The summed E-state index contributed by atoms with van der Waals surface area (Å²) in [6, 6.07) is 27.3. The largest absolute Gasteiger partial charge is 0.459 e. The molecule has 1 fully saturated rings. The topological polar surface area (TPSA) is 62.6 Å². The first-order valence-corrected chi connectivity index (χ1v) is 10.9.